The highest BCUT2D eigenvalue weighted by Gasteiger charge is 2.43. The lowest BCUT2D eigenvalue weighted by Crippen LogP contribution is -2.31. The molecule has 0 aromatic heterocycles. The number of benzene rings is 1. The van der Waals surface area contributed by atoms with Crippen molar-refractivity contribution in [3.8, 4) is 0 Å². The largest absolute Gasteiger partial charge is 0.385 e. The van der Waals surface area contributed by atoms with E-state index in [1.54, 1.807) is 52.9 Å². The lowest BCUT2D eigenvalue weighted by molar-refractivity contribution is 0.191. The summed E-state index contributed by atoms with van der Waals surface area (Å²) < 4.78 is 21.5. The first-order chi connectivity index (χ1) is 6.77. The van der Waals surface area contributed by atoms with Gasteiger partial charge in [-0.3, -0.25) is 0 Å². The zero-order chi connectivity index (χ0) is 11.7. The Morgan fingerprint density at radius 1 is 1.40 bits per heavy atom. The molecule has 1 aromatic rings. The monoisotopic (exact) mass is 404 g/mol. The molecule has 2 atom stereocenters. The summed E-state index contributed by atoms with van der Waals surface area (Å²) >= 11 is 4.74. The maximum atomic E-state index is 11.5. The third kappa shape index (κ3) is 2.92. The maximum absolute atomic E-state index is 11.5. The molecule has 0 heterocycles. The van der Waals surface area contributed by atoms with Gasteiger partial charge in [-0.25, -0.2) is 8.42 Å². The molecular formula is C9H10BrIO3S. The van der Waals surface area contributed by atoms with Crippen LogP contribution in [0, 0.1) is 0 Å². The second-order valence-corrected chi connectivity index (χ2v) is 11.0. The molecule has 0 saturated carbocycles. The van der Waals surface area contributed by atoms with Crippen LogP contribution in [0.2, 0.25) is 0 Å². The van der Waals surface area contributed by atoms with Gasteiger partial charge < -0.3 is 5.11 Å². The predicted molar refractivity (Wildman–Crippen MR) is 71.9 cm³/mol. The molecule has 0 saturated heterocycles. The van der Waals surface area contributed by atoms with Crippen molar-refractivity contribution in [1.29, 1.82) is 0 Å². The Balaban J connectivity index is 3.11. The number of aliphatic hydroxyl groups excluding tert-OH is 1. The number of hydrogen-bond acceptors (Lipinski definition) is 3. The average molecular weight is 405 g/mol. The van der Waals surface area contributed by atoms with E-state index in [9.17, 15) is 13.5 Å². The van der Waals surface area contributed by atoms with E-state index in [1.165, 1.54) is 0 Å². The number of halogens is 2. The van der Waals surface area contributed by atoms with Crippen LogP contribution in [-0.2, 0) is 9.84 Å². The normalized spacial score (nSPS) is 18.1. The quantitative estimate of drug-likeness (QED) is 0.621. The first kappa shape index (κ1) is 13.4. The molecule has 0 spiro atoms. The predicted octanol–water partition coefficient (Wildman–Crippen LogP) is 2.25. The Hall–Kier alpha value is 0.340. The minimum Gasteiger partial charge on any atom is -0.385 e. The molecule has 84 valence electrons. The Morgan fingerprint density at radius 3 is 2.27 bits per heavy atom. The van der Waals surface area contributed by atoms with Crippen molar-refractivity contribution in [3.05, 3.63) is 35.9 Å². The zero-order valence-corrected chi connectivity index (χ0v) is 12.5. The van der Waals surface area contributed by atoms with Gasteiger partial charge in [-0.15, -0.1) is 0 Å². The number of rotatable bonds is 3. The second kappa shape index (κ2) is 4.68. The standard InChI is InChI=1S/C9H10BrIO3S/c1-15(13,14)9(10,11)8(12)7-5-3-2-4-6-7/h2-6,8,12H,1H3/t8-,9+/m0/s1. The SMILES string of the molecule is CS(=O)(=O)[C@](Br)(I)[C@@H](O)c1ccccc1. The molecule has 15 heavy (non-hydrogen) atoms. The van der Waals surface area contributed by atoms with E-state index in [0.717, 1.165) is 6.26 Å². The first-order valence-corrected chi connectivity index (χ1v) is 7.83. The Labute approximate surface area is 111 Å². The Bertz CT molecular complexity index is 430. The molecule has 0 aliphatic heterocycles. The third-order valence-corrected chi connectivity index (χ3v) is 8.33. The van der Waals surface area contributed by atoms with Gasteiger partial charge >= 0.3 is 0 Å². The molecule has 1 N–H and O–H groups in total. The van der Waals surface area contributed by atoms with Crippen molar-refractivity contribution in [3.63, 3.8) is 0 Å². The summed E-state index contributed by atoms with van der Waals surface area (Å²) in [5.41, 5.74) is 0.564. The fraction of sp³-hybridized carbons (Fsp3) is 0.333. The van der Waals surface area contributed by atoms with Crippen molar-refractivity contribution in [2.24, 2.45) is 0 Å². The van der Waals surface area contributed by atoms with E-state index in [2.05, 4.69) is 15.9 Å². The lowest BCUT2D eigenvalue weighted by atomic mass is 10.1. The highest BCUT2D eigenvalue weighted by molar-refractivity contribution is 14.1. The number of sulfone groups is 1. The van der Waals surface area contributed by atoms with E-state index < -0.39 is 17.6 Å². The molecular weight excluding hydrogens is 395 g/mol. The van der Waals surface area contributed by atoms with Crippen LogP contribution < -0.4 is 0 Å². The lowest BCUT2D eigenvalue weighted by Gasteiger charge is -2.24. The van der Waals surface area contributed by atoms with Gasteiger partial charge in [0.1, 0.15) is 6.10 Å². The van der Waals surface area contributed by atoms with Gasteiger partial charge in [-0.2, -0.15) is 0 Å². The summed E-state index contributed by atoms with van der Waals surface area (Å²) in [5.74, 6) is 0. The molecule has 0 aliphatic carbocycles. The van der Waals surface area contributed by atoms with Crippen molar-refractivity contribution < 1.29 is 13.5 Å². The second-order valence-electron chi connectivity index (χ2n) is 3.15. The van der Waals surface area contributed by atoms with Crippen molar-refractivity contribution >= 4 is 48.4 Å². The average Bonchev–Trinajstić information content (AvgIpc) is 2.16. The van der Waals surface area contributed by atoms with Gasteiger partial charge in [0.15, 0.2) is 9.84 Å². The summed E-state index contributed by atoms with van der Waals surface area (Å²) in [6.07, 6.45) is -0.0188. The summed E-state index contributed by atoms with van der Waals surface area (Å²) in [7, 11) is -3.40. The summed E-state index contributed by atoms with van der Waals surface area (Å²) in [4.78, 5) is 0. The van der Waals surface area contributed by atoms with Crippen LogP contribution in [-0.4, -0.2) is 21.4 Å². The number of hydrogen-bond donors (Lipinski definition) is 1. The molecule has 1 rings (SSSR count). The van der Waals surface area contributed by atoms with Crippen LogP contribution in [0.1, 0.15) is 11.7 Å². The molecule has 0 unspecified atom stereocenters. The fourth-order valence-electron chi connectivity index (χ4n) is 1.03. The Morgan fingerprint density at radius 2 is 1.87 bits per heavy atom. The van der Waals surface area contributed by atoms with Gasteiger partial charge in [0.25, 0.3) is 0 Å². The molecule has 0 aliphatic rings. The molecule has 6 heteroatoms. The van der Waals surface area contributed by atoms with E-state index in [0.29, 0.717) is 5.56 Å². The van der Waals surface area contributed by atoms with E-state index in [-0.39, 0.29) is 0 Å². The van der Waals surface area contributed by atoms with Crippen molar-refractivity contribution in [1.82, 2.24) is 0 Å². The van der Waals surface area contributed by atoms with Crippen LogP contribution in [0.4, 0.5) is 0 Å². The molecule has 0 bridgehead atoms. The molecule has 0 fully saturated rings. The minimum atomic E-state index is -3.40. The molecule has 3 nitrogen and oxygen atoms in total. The maximum Gasteiger partial charge on any atom is 0.206 e. The summed E-state index contributed by atoms with van der Waals surface area (Å²) in [5, 5.41) is 9.95. The Kier molecular flexibility index (Phi) is 4.19. The molecule has 0 amide bonds. The van der Waals surface area contributed by atoms with Gasteiger partial charge in [0, 0.05) is 6.26 Å². The van der Waals surface area contributed by atoms with Gasteiger partial charge in [-0.05, 0) is 28.2 Å². The van der Waals surface area contributed by atoms with Gasteiger partial charge in [-0.1, -0.05) is 46.3 Å². The van der Waals surface area contributed by atoms with Gasteiger partial charge in [0.05, 0.1) is 0 Å². The molecule has 1 aromatic carbocycles. The fourth-order valence-corrected chi connectivity index (χ4v) is 2.20. The number of aliphatic hydroxyl groups is 1. The summed E-state index contributed by atoms with van der Waals surface area (Å²) in [6.45, 7) is 0. The van der Waals surface area contributed by atoms with E-state index in [4.69, 9.17) is 0 Å². The van der Waals surface area contributed by atoms with Gasteiger partial charge in [0.2, 0.25) is 1.66 Å². The highest BCUT2D eigenvalue weighted by atomic mass is 127. The van der Waals surface area contributed by atoms with Crippen molar-refractivity contribution in [2.45, 2.75) is 7.77 Å². The van der Waals surface area contributed by atoms with Crippen LogP contribution in [0.5, 0.6) is 0 Å². The third-order valence-electron chi connectivity index (χ3n) is 1.93. The smallest absolute Gasteiger partial charge is 0.206 e. The van der Waals surface area contributed by atoms with E-state index in [1.807, 2.05) is 0 Å². The van der Waals surface area contributed by atoms with Crippen molar-refractivity contribution in [2.75, 3.05) is 6.26 Å². The minimum absolute atomic E-state index is 0.564. The topological polar surface area (TPSA) is 54.4 Å². The highest BCUT2D eigenvalue weighted by Crippen LogP contribution is 2.44. The van der Waals surface area contributed by atoms with E-state index >= 15 is 0 Å². The van der Waals surface area contributed by atoms with Crippen LogP contribution in [0.15, 0.2) is 30.3 Å². The zero-order valence-electron chi connectivity index (χ0n) is 7.89. The van der Waals surface area contributed by atoms with Crippen LogP contribution in [0.3, 0.4) is 0 Å². The number of alkyl halides is 2. The summed E-state index contributed by atoms with van der Waals surface area (Å²) in [6, 6.07) is 8.68. The molecule has 0 radical (unpaired) electrons. The van der Waals surface area contributed by atoms with Crippen LogP contribution >= 0.6 is 38.5 Å². The first-order valence-electron chi connectivity index (χ1n) is 4.07. The van der Waals surface area contributed by atoms with Crippen LogP contribution in [0.25, 0.3) is 0 Å².